The largest absolute Gasteiger partial charge is 0.317 e. The van der Waals surface area contributed by atoms with Gasteiger partial charge in [0.05, 0.1) is 5.52 Å². The van der Waals surface area contributed by atoms with E-state index >= 15 is 0 Å². The topological polar surface area (TPSA) is 42.0 Å². The van der Waals surface area contributed by atoms with Crippen molar-refractivity contribution >= 4 is 16.7 Å². The van der Waals surface area contributed by atoms with Crippen molar-refractivity contribution in [3.63, 3.8) is 0 Å². The minimum atomic E-state index is 0.249. The number of hydrogen-bond donors (Lipinski definition) is 1. The smallest absolute Gasteiger partial charge is 0.163 e. The van der Waals surface area contributed by atoms with Crippen molar-refractivity contribution < 1.29 is 4.79 Å². The third kappa shape index (κ3) is 2.82. The van der Waals surface area contributed by atoms with Crippen molar-refractivity contribution in [1.29, 1.82) is 0 Å². The second-order valence-corrected chi connectivity index (χ2v) is 5.23. The van der Waals surface area contributed by atoms with Crippen LogP contribution in [0.1, 0.15) is 29.6 Å². The molecule has 1 saturated heterocycles. The average molecular weight is 254 g/mol. The molecule has 3 nitrogen and oxygen atoms in total. The zero-order chi connectivity index (χ0) is 13.1. The first-order valence-corrected chi connectivity index (χ1v) is 6.91. The van der Waals surface area contributed by atoms with Crippen LogP contribution in [0, 0.1) is 5.92 Å². The lowest BCUT2D eigenvalue weighted by atomic mass is 9.90. The molecule has 3 rings (SSSR count). The van der Waals surface area contributed by atoms with Crippen LogP contribution in [0.25, 0.3) is 10.9 Å². The highest BCUT2D eigenvalue weighted by molar-refractivity contribution is 5.99. The number of fused-ring (bicyclic) bond motifs is 1. The van der Waals surface area contributed by atoms with Crippen molar-refractivity contribution in [2.75, 3.05) is 13.1 Å². The van der Waals surface area contributed by atoms with E-state index in [1.54, 1.807) is 6.20 Å². The number of pyridine rings is 1. The summed E-state index contributed by atoms with van der Waals surface area (Å²) in [6, 6.07) is 9.76. The quantitative estimate of drug-likeness (QED) is 0.856. The number of nitrogens with one attached hydrogen (secondary N) is 1. The van der Waals surface area contributed by atoms with Gasteiger partial charge in [-0.05, 0) is 44.0 Å². The van der Waals surface area contributed by atoms with Crippen LogP contribution in [0.15, 0.2) is 36.5 Å². The van der Waals surface area contributed by atoms with Crippen molar-refractivity contribution in [2.24, 2.45) is 5.92 Å². The van der Waals surface area contributed by atoms with Gasteiger partial charge in [-0.15, -0.1) is 0 Å². The van der Waals surface area contributed by atoms with Gasteiger partial charge in [-0.25, -0.2) is 0 Å². The number of nitrogens with zero attached hydrogens (tertiary/aromatic N) is 1. The molecule has 98 valence electrons. The minimum Gasteiger partial charge on any atom is -0.317 e. The molecule has 3 heteroatoms. The molecule has 1 aliphatic heterocycles. The second kappa shape index (κ2) is 5.49. The molecule has 0 amide bonds. The molecular weight excluding hydrogens is 236 g/mol. The molecule has 19 heavy (non-hydrogen) atoms. The van der Waals surface area contributed by atoms with Crippen molar-refractivity contribution in [1.82, 2.24) is 10.3 Å². The number of carbonyl (C=O) groups is 1. The van der Waals surface area contributed by atoms with Gasteiger partial charge in [-0.2, -0.15) is 0 Å². The summed E-state index contributed by atoms with van der Waals surface area (Å²) in [6.45, 7) is 2.08. The summed E-state index contributed by atoms with van der Waals surface area (Å²) >= 11 is 0. The maximum absolute atomic E-state index is 12.3. The maximum atomic E-state index is 12.3. The standard InChI is InChI=1S/C16H18N2O/c19-16(10-12-5-8-17-9-6-12)14-4-3-13-2-1-7-18-15(13)11-14/h1-4,7,11-12,17H,5-6,8-10H2. The number of ketones is 1. The first-order valence-electron chi connectivity index (χ1n) is 6.91. The fraction of sp³-hybridized carbons (Fsp3) is 0.375. The van der Waals surface area contributed by atoms with E-state index in [9.17, 15) is 4.79 Å². The lowest BCUT2D eigenvalue weighted by molar-refractivity contribution is 0.0952. The predicted molar refractivity (Wildman–Crippen MR) is 76.3 cm³/mol. The summed E-state index contributed by atoms with van der Waals surface area (Å²) in [7, 11) is 0. The Kier molecular flexibility index (Phi) is 3.56. The first kappa shape index (κ1) is 12.3. The first-order chi connectivity index (χ1) is 9.33. The van der Waals surface area contributed by atoms with Crippen LogP contribution in [-0.2, 0) is 0 Å². The van der Waals surface area contributed by atoms with Crippen LogP contribution in [0.4, 0.5) is 0 Å². The number of rotatable bonds is 3. The highest BCUT2D eigenvalue weighted by atomic mass is 16.1. The molecule has 1 N–H and O–H groups in total. The van der Waals surface area contributed by atoms with Gasteiger partial charge in [-0.3, -0.25) is 9.78 Å². The van der Waals surface area contributed by atoms with Gasteiger partial charge in [0, 0.05) is 23.6 Å². The fourth-order valence-corrected chi connectivity index (χ4v) is 2.71. The summed E-state index contributed by atoms with van der Waals surface area (Å²) in [6.07, 6.45) is 4.65. The van der Waals surface area contributed by atoms with Crippen molar-refractivity contribution in [2.45, 2.75) is 19.3 Å². The molecule has 0 atom stereocenters. The van der Waals surface area contributed by atoms with Gasteiger partial charge < -0.3 is 5.32 Å². The van der Waals surface area contributed by atoms with Gasteiger partial charge >= 0.3 is 0 Å². The van der Waals surface area contributed by atoms with Crippen LogP contribution in [0.3, 0.4) is 0 Å². The molecule has 1 fully saturated rings. The van der Waals surface area contributed by atoms with E-state index in [2.05, 4.69) is 10.3 Å². The van der Waals surface area contributed by atoms with Gasteiger partial charge in [0.1, 0.15) is 0 Å². The molecular formula is C16H18N2O. The van der Waals surface area contributed by atoms with Gasteiger partial charge in [-0.1, -0.05) is 18.2 Å². The van der Waals surface area contributed by atoms with Crippen molar-refractivity contribution in [3.8, 4) is 0 Å². The highest BCUT2D eigenvalue weighted by Gasteiger charge is 2.17. The van der Waals surface area contributed by atoms with E-state index in [-0.39, 0.29) is 5.78 Å². The zero-order valence-electron chi connectivity index (χ0n) is 10.9. The van der Waals surface area contributed by atoms with E-state index in [4.69, 9.17) is 0 Å². The van der Waals surface area contributed by atoms with Gasteiger partial charge in [0.15, 0.2) is 5.78 Å². The summed E-state index contributed by atoms with van der Waals surface area (Å²) < 4.78 is 0. The van der Waals surface area contributed by atoms with Crippen molar-refractivity contribution in [3.05, 3.63) is 42.1 Å². The molecule has 0 spiro atoms. The lowest BCUT2D eigenvalue weighted by Crippen LogP contribution is -2.28. The van der Waals surface area contributed by atoms with Crippen LogP contribution >= 0.6 is 0 Å². The van der Waals surface area contributed by atoms with Crippen LogP contribution in [0.2, 0.25) is 0 Å². The average Bonchev–Trinajstić information content (AvgIpc) is 2.48. The fourth-order valence-electron chi connectivity index (χ4n) is 2.71. The highest BCUT2D eigenvalue weighted by Crippen LogP contribution is 2.20. The van der Waals surface area contributed by atoms with Gasteiger partial charge in [0.25, 0.3) is 0 Å². The molecule has 1 aromatic heterocycles. The molecule has 2 heterocycles. The van der Waals surface area contributed by atoms with E-state index in [0.29, 0.717) is 12.3 Å². The number of carbonyl (C=O) groups excluding carboxylic acids is 1. The molecule has 0 aliphatic carbocycles. The third-order valence-electron chi connectivity index (χ3n) is 3.86. The second-order valence-electron chi connectivity index (χ2n) is 5.23. The molecule has 0 saturated carbocycles. The Hall–Kier alpha value is -1.74. The molecule has 1 aliphatic rings. The normalized spacial score (nSPS) is 16.6. The number of hydrogen-bond acceptors (Lipinski definition) is 3. The molecule has 0 radical (unpaired) electrons. The summed E-state index contributed by atoms with van der Waals surface area (Å²) in [5.74, 6) is 0.785. The summed E-state index contributed by atoms with van der Waals surface area (Å²) in [5.41, 5.74) is 1.70. The Bertz CT molecular complexity index is 588. The van der Waals surface area contributed by atoms with E-state index in [1.165, 1.54) is 0 Å². The molecule has 0 bridgehead atoms. The molecule has 1 aromatic carbocycles. The number of Topliss-reactive ketones (excluding diaryl/α,β-unsaturated/α-hetero) is 1. The maximum Gasteiger partial charge on any atom is 0.163 e. The van der Waals surface area contributed by atoms with Crippen LogP contribution in [0.5, 0.6) is 0 Å². The molecule has 2 aromatic rings. The van der Waals surface area contributed by atoms with Gasteiger partial charge in [0.2, 0.25) is 0 Å². The van der Waals surface area contributed by atoms with Crippen LogP contribution in [-0.4, -0.2) is 23.9 Å². The van der Waals surface area contributed by atoms with E-state index in [0.717, 1.165) is 42.4 Å². The Labute approximate surface area is 113 Å². The number of aromatic nitrogens is 1. The Morgan fingerprint density at radius 1 is 1.26 bits per heavy atom. The third-order valence-corrected chi connectivity index (χ3v) is 3.86. The predicted octanol–water partition coefficient (Wildman–Crippen LogP) is 2.81. The Balaban J connectivity index is 1.77. The minimum absolute atomic E-state index is 0.249. The Morgan fingerprint density at radius 3 is 2.95 bits per heavy atom. The summed E-state index contributed by atoms with van der Waals surface area (Å²) in [5, 5.41) is 4.41. The summed E-state index contributed by atoms with van der Waals surface area (Å²) in [4.78, 5) is 16.6. The van der Waals surface area contributed by atoms with E-state index < -0.39 is 0 Å². The number of benzene rings is 1. The zero-order valence-corrected chi connectivity index (χ0v) is 10.9. The van der Waals surface area contributed by atoms with E-state index in [1.807, 2.05) is 30.3 Å². The Morgan fingerprint density at radius 2 is 2.11 bits per heavy atom. The van der Waals surface area contributed by atoms with Crippen LogP contribution < -0.4 is 5.32 Å². The molecule has 0 unspecified atom stereocenters. The SMILES string of the molecule is O=C(CC1CCNCC1)c1ccc2cccnc2c1. The lowest BCUT2D eigenvalue weighted by Gasteiger charge is -2.21. The number of piperidine rings is 1. The monoisotopic (exact) mass is 254 g/mol.